The van der Waals surface area contributed by atoms with E-state index >= 15 is 0 Å². The predicted octanol–water partition coefficient (Wildman–Crippen LogP) is 4.29. The molecule has 29 heavy (non-hydrogen) atoms. The Kier molecular flexibility index (Phi) is 5.92. The zero-order chi connectivity index (χ0) is 20.5. The Labute approximate surface area is 179 Å². The van der Waals surface area contributed by atoms with Gasteiger partial charge in [0.15, 0.2) is 0 Å². The van der Waals surface area contributed by atoms with E-state index in [1.165, 1.54) is 6.07 Å². The molecule has 0 spiro atoms. The van der Waals surface area contributed by atoms with Crippen LogP contribution in [0, 0.1) is 19.7 Å². The van der Waals surface area contributed by atoms with Crippen LogP contribution in [0.25, 0.3) is 0 Å². The van der Waals surface area contributed by atoms with Gasteiger partial charge in [-0.3, -0.25) is 0 Å². The molecule has 0 radical (unpaired) electrons. The van der Waals surface area contributed by atoms with Gasteiger partial charge in [0, 0.05) is 36.3 Å². The summed E-state index contributed by atoms with van der Waals surface area (Å²) >= 11 is 7.55. The van der Waals surface area contributed by atoms with Crippen molar-refractivity contribution in [3.63, 3.8) is 0 Å². The standard InChI is InChI=1S/C20H25ClFN5OS/c1-12-8-14(18(22)9-17(12)21)10-23-19(28)27(15-5-6-15)16-4-3-7-26(11-16)20-25-24-13(2)29-20/h8-9,15-16H,3-7,10-11H2,1-2H3,(H,23,28)/t16-/m1/s1. The fraction of sp³-hybridized carbons (Fsp3) is 0.550. The van der Waals surface area contributed by atoms with E-state index in [4.69, 9.17) is 11.6 Å². The minimum Gasteiger partial charge on any atom is -0.345 e. The van der Waals surface area contributed by atoms with Gasteiger partial charge in [0.2, 0.25) is 5.13 Å². The molecule has 1 aliphatic carbocycles. The molecule has 2 heterocycles. The van der Waals surface area contributed by atoms with Crippen LogP contribution in [0.15, 0.2) is 12.1 Å². The van der Waals surface area contributed by atoms with E-state index in [9.17, 15) is 9.18 Å². The molecule has 2 aliphatic rings. The molecule has 1 N–H and O–H groups in total. The molecule has 0 bridgehead atoms. The van der Waals surface area contributed by atoms with Crippen LogP contribution < -0.4 is 10.2 Å². The highest BCUT2D eigenvalue weighted by molar-refractivity contribution is 7.15. The first-order chi connectivity index (χ1) is 13.9. The lowest BCUT2D eigenvalue weighted by Crippen LogP contribution is -2.54. The Morgan fingerprint density at radius 1 is 1.31 bits per heavy atom. The zero-order valence-electron chi connectivity index (χ0n) is 16.6. The first-order valence-electron chi connectivity index (χ1n) is 9.98. The van der Waals surface area contributed by atoms with Crippen LogP contribution in [-0.4, -0.2) is 46.3 Å². The van der Waals surface area contributed by atoms with Crippen LogP contribution in [0.1, 0.15) is 41.8 Å². The van der Waals surface area contributed by atoms with Crippen molar-refractivity contribution in [2.45, 2.75) is 58.2 Å². The minimum atomic E-state index is -0.394. The minimum absolute atomic E-state index is 0.122. The molecule has 1 atom stereocenters. The summed E-state index contributed by atoms with van der Waals surface area (Å²) in [5.74, 6) is -0.394. The summed E-state index contributed by atoms with van der Waals surface area (Å²) in [7, 11) is 0. The number of hydrogen-bond donors (Lipinski definition) is 1. The Balaban J connectivity index is 1.43. The molecule has 2 aromatic rings. The number of aryl methyl sites for hydroxylation is 2. The third kappa shape index (κ3) is 4.64. The average molecular weight is 438 g/mol. The molecular weight excluding hydrogens is 413 g/mol. The lowest BCUT2D eigenvalue weighted by molar-refractivity contribution is 0.160. The average Bonchev–Trinajstić information content (AvgIpc) is 3.43. The van der Waals surface area contributed by atoms with Gasteiger partial charge in [-0.15, -0.1) is 10.2 Å². The summed E-state index contributed by atoms with van der Waals surface area (Å²) in [6.45, 7) is 5.62. The van der Waals surface area contributed by atoms with E-state index in [-0.39, 0.29) is 24.7 Å². The third-order valence-corrected chi connectivity index (χ3v) is 6.81. The van der Waals surface area contributed by atoms with Crippen LogP contribution in [0.2, 0.25) is 5.02 Å². The molecule has 156 valence electrons. The van der Waals surface area contributed by atoms with Crippen molar-refractivity contribution in [1.82, 2.24) is 20.4 Å². The van der Waals surface area contributed by atoms with E-state index in [1.807, 2.05) is 18.7 Å². The predicted molar refractivity (Wildman–Crippen MR) is 113 cm³/mol. The van der Waals surface area contributed by atoms with Crippen LogP contribution in [0.5, 0.6) is 0 Å². The Morgan fingerprint density at radius 3 is 2.79 bits per heavy atom. The van der Waals surface area contributed by atoms with Crippen molar-refractivity contribution in [3.8, 4) is 0 Å². The zero-order valence-corrected chi connectivity index (χ0v) is 18.2. The quantitative estimate of drug-likeness (QED) is 0.757. The number of carbonyl (C=O) groups is 1. The normalized spacial score (nSPS) is 19.3. The number of anilines is 1. The maximum Gasteiger partial charge on any atom is 0.318 e. The Morgan fingerprint density at radius 2 is 2.10 bits per heavy atom. The second kappa shape index (κ2) is 8.44. The van der Waals surface area contributed by atoms with Gasteiger partial charge in [-0.1, -0.05) is 22.9 Å². The number of hydrogen-bond acceptors (Lipinski definition) is 5. The van der Waals surface area contributed by atoms with Crippen LogP contribution in [0.3, 0.4) is 0 Å². The highest BCUT2D eigenvalue weighted by Crippen LogP contribution is 2.33. The maximum absolute atomic E-state index is 14.2. The van der Waals surface area contributed by atoms with Gasteiger partial charge >= 0.3 is 6.03 Å². The van der Waals surface area contributed by atoms with Gasteiger partial charge in [0.1, 0.15) is 10.8 Å². The number of amides is 2. The van der Waals surface area contributed by atoms with Gasteiger partial charge in [-0.25, -0.2) is 9.18 Å². The maximum atomic E-state index is 14.2. The second-order valence-electron chi connectivity index (χ2n) is 7.84. The van der Waals surface area contributed by atoms with Gasteiger partial charge in [-0.2, -0.15) is 0 Å². The molecule has 2 amide bonds. The van der Waals surface area contributed by atoms with Crippen molar-refractivity contribution < 1.29 is 9.18 Å². The van der Waals surface area contributed by atoms with Crippen molar-refractivity contribution in [2.75, 3.05) is 18.0 Å². The van der Waals surface area contributed by atoms with E-state index in [2.05, 4.69) is 20.4 Å². The van der Waals surface area contributed by atoms with Crippen molar-refractivity contribution in [2.24, 2.45) is 0 Å². The van der Waals surface area contributed by atoms with Gasteiger partial charge in [0.05, 0.1) is 6.04 Å². The van der Waals surface area contributed by atoms with Crippen molar-refractivity contribution in [3.05, 3.63) is 39.1 Å². The summed E-state index contributed by atoms with van der Waals surface area (Å²) in [4.78, 5) is 17.2. The molecule has 1 aromatic carbocycles. The SMILES string of the molecule is Cc1nnc(N2CCC[C@@H](N(C(=O)NCc3cc(C)c(Cl)cc3F)C3CC3)C2)s1. The molecule has 0 unspecified atom stereocenters. The van der Waals surface area contributed by atoms with Gasteiger partial charge < -0.3 is 15.1 Å². The highest BCUT2D eigenvalue weighted by Gasteiger charge is 2.39. The number of piperidine rings is 1. The largest absolute Gasteiger partial charge is 0.345 e. The highest BCUT2D eigenvalue weighted by atomic mass is 35.5. The third-order valence-electron chi connectivity index (χ3n) is 5.51. The summed E-state index contributed by atoms with van der Waals surface area (Å²) in [6.07, 6.45) is 4.02. The Bertz CT molecular complexity index is 903. The van der Waals surface area contributed by atoms with Gasteiger partial charge in [0.25, 0.3) is 0 Å². The number of urea groups is 1. The smallest absolute Gasteiger partial charge is 0.318 e. The molecular formula is C20H25ClFN5OS. The summed E-state index contributed by atoms with van der Waals surface area (Å²) in [5.41, 5.74) is 1.25. The number of benzene rings is 1. The molecule has 1 aliphatic heterocycles. The molecule has 6 nitrogen and oxygen atoms in total. The lowest BCUT2D eigenvalue weighted by atomic mass is 10.0. The van der Waals surface area contributed by atoms with E-state index < -0.39 is 5.82 Å². The molecule has 9 heteroatoms. The number of nitrogens with one attached hydrogen (secondary N) is 1. The number of rotatable bonds is 5. The first kappa shape index (κ1) is 20.3. The summed E-state index contributed by atoms with van der Waals surface area (Å²) < 4.78 is 14.2. The van der Waals surface area contributed by atoms with Crippen LogP contribution in [0.4, 0.5) is 14.3 Å². The monoisotopic (exact) mass is 437 g/mol. The lowest BCUT2D eigenvalue weighted by Gasteiger charge is -2.39. The van der Waals surface area contributed by atoms with Gasteiger partial charge in [-0.05, 0) is 57.2 Å². The van der Waals surface area contributed by atoms with E-state index in [1.54, 1.807) is 17.4 Å². The molecule has 2 fully saturated rings. The topological polar surface area (TPSA) is 61.4 Å². The number of nitrogens with zero attached hydrogens (tertiary/aromatic N) is 4. The van der Waals surface area contributed by atoms with Crippen molar-refractivity contribution in [1.29, 1.82) is 0 Å². The Hall–Kier alpha value is -1.93. The molecule has 1 saturated heterocycles. The van der Waals surface area contributed by atoms with Crippen LogP contribution >= 0.6 is 22.9 Å². The number of aromatic nitrogens is 2. The molecule has 1 saturated carbocycles. The fourth-order valence-corrected chi connectivity index (χ4v) is 4.74. The first-order valence-corrected chi connectivity index (χ1v) is 11.2. The van der Waals surface area contributed by atoms with E-state index in [0.29, 0.717) is 10.6 Å². The second-order valence-corrected chi connectivity index (χ2v) is 9.40. The number of halogens is 2. The fourth-order valence-electron chi connectivity index (χ4n) is 3.87. The van der Waals surface area contributed by atoms with Crippen molar-refractivity contribution >= 4 is 34.1 Å². The van der Waals surface area contributed by atoms with Crippen LogP contribution in [-0.2, 0) is 6.54 Å². The number of carbonyl (C=O) groups excluding carboxylic acids is 1. The molecule has 4 rings (SSSR count). The summed E-state index contributed by atoms with van der Waals surface area (Å²) in [6, 6.07) is 3.27. The van der Waals surface area contributed by atoms with E-state index in [0.717, 1.165) is 54.5 Å². The summed E-state index contributed by atoms with van der Waals surface area (Å²) in [5, 5.41) is 13.6. The molecule has 1 aromatic heterocycles.